The molecule has 0 aliphatic carbocycles. The first-order valence-corrected chi connectivity index (χ1v) is 6.39. The molecule has 0 saturated carbocycles. The van der Waals surface area contributed by atoms with Gasteiger partial charge in [-0.15, -0.1) is 0 Å². The fourth-order valence-corrected chi connectivity index (χ4v) is 1.99. The van der Waals surface area contributed by atoms with E-state index in [1.807, 2.05) is 19.1 Å². The first kappa shape index (κ1) is 13.8. The van der Waals surface area contributed by atoms with Crippen LogP contribution >= 0.6 is 11.6 Å². The molecule has 0 spiro atoms. The van der Waals surface area contributed by atoms with E-state index in [0.717, 1.165) is 0 Å². The lowest BCUT2D eigenvalue weighted by Crippen LogP contribution is -2.14. The van der Waals surface area contributed by atoms with Gasteiger partial charge >= 0.3 is 0 Å². The summed E-state index contributed by atoms with van der Waals surface area (Å²) in [7, 11) is 1.77. The minimum atomic E-state index is -0.300. The van der Waals surface area contributed by atoms with Crippen molar-refractivity contribution in [2.45, 2.75) is 13.0 Å². The van der Waals surface area contributed by atoms with Crippen LogP contribution in [0.25, 0.3) is 0 Å². The number of benzene rings is 2. The van der Waals surface area contributed by atoms with Crippen molar-refractivity contribution in [3.63, 3.8) is 0 Å². The zero-order valence-electron chi connectivity index (χ0n) is 10.8. The molecule has 0 aliphatic heterocycles. The summed E-state index contributed by atoms with van der Waals surface area (Å²) in [6, 6.07) is 11.7. The highest BCUT2D eigenvalue weighted by atomic mass is 35.5. The van der Waals surface area contributed by atoms with Crippen LogP contribution in [0.2, 0.25) is 5.02 Å². The highest BCUT2D eigenvalue weighted by Gasteiger charge is 2.16. The van der Waals surface area contributed by atoms with Crippen LogP contribution in [0.4, 0.5) is 4.39 Å². The topological polar surface area (TPSA) is 21.3 Å². The van der Waals surface area contributed by atoms with E-state index in [4.69, 9.17) is 16.3 Å². The van der Waals surface area contributed by atoms with Crippen LogP contribution in [0.1, 0.15) is 18.5 Å². The summed E-state index contributed by atoms with van der Waals surface area (Å²) in [5, 5.41) is 3.51. The van der Waals surface area contributed by atoms with Crippen LogP contribution in [0.3, 0.4) is 0 Å². The summed E-state index contributed by atoms with van der Waals surface area (Å²) in [4.78, 5) is 0. The molecule has 0 saturated heterocycles. The van der Waals surface area contributed by atoms with Gasteiger partial charge in [-0.1, -0.05) is 29.8 Å². The monoisotopic (exact) mass is 279 g/mol. The van der Waals surface area contributed by atoms with E-state index in [1.54, 1.807) is 31.3 Å². The number of hydrogen-bond acceptors (Lipinski definition) is 2. The van der Waals surface area contributed by atoms with Crippen molar-refractivity contribution >= 4 is 11.6 Å². The van der Waals surface area contributed by atoms with Gasteiger partial charge in [0, 0.05) is 11.6 Å². The summed E-state index contributed by atoms with van der Waals surface area (Å²) in [5.41, 5.74) is 0.491. The normalized spacial score (nSPS) is 12.2. The van der Waals surface area contributed by atoms with Crippen LogP contribution in [-0.2, 0) is 0 Å². The Bertz CT molecular complexity index is 574. The van der Waals surface area contributed by atoms with Crippen LogP contribution in [-0.4, -0.2) is 7.05 Å². The molecule has 0 aliphatic rings. The smallest absolute Gasteiger partial charge is 0.146 e. The van der Waals surface area contributed by atoms with Gasteiger partial charge in [0.15, 0.2) is 0 Å². The average Bonchev–Trinajstić information content (AvgIpc) is 2.41. The van der Waals surface area contributed by atoms with Gasteiger partial charge in [0.05, 0.1) is 5.02 Å². The van der Waals surface area contributed by atoms with Crippen LogP contribution in [0.15, 0.2) is 42.5 Å². The maximum Gasteiger partial charge on any atom is 0.146 e. The number of rotatable bonds is 4. The van der Waals surface area contributed by atoms with Gasteiger partial charge < -0.3 is 10.1 Å². The first-order valence-electron chi connectivity index (χ1n) is 6.01. The van der Waals surface area contributed by atoms with E-state index >= 15 is 0 Å². The molecule has 4 heteroatoms. The van der Waals surface area contributed by atoms with Crippen molar-refractivity contribution in [1.29, 1.82) is 0 Å². The van der Waals surface area contributed by atoms with Crippen LogP contribution in [0.5, 0.6) is 11.5 Å². The lowest BCUT2D eigenvalue weighted by atomic mass is 10.1. The van der Waals surface area contributed by atoms with E-state index in [0.29, 0.717) is 22.1 Å². The van der Waals surface area contributed by atoms with Gasteiger partial charge in [0.25, 0.3) is 0 Å². The number of halogens is 2. The van der Waals surface area contributed by atoms with Crippen molar-refractivity contribution in [2.24, 2.45) is 0 Å². The van der Waals surface area contributed by atoms with Crippen LogP contribution in [0, 0.1) is 5.82 Å². The molecule has 0 bridgehead atoms. The van der Waals surface area contributed by atoms with E-state index in [9.17, 15) is 4.39 Å². The molecule has 2 aromatic rings. The summed E-state index contributed by atoms with van der Waals surface area (Å²) in [6.07, 6.45) is 0. The Balaban J connectivity index is 2.40. The quantitative estimate of drug-likeness (QED) is 0.886. The predicted octanol–water partition coefficient (Wildman–Crippen LogP) is 4.55. The molecule has 0 heterocycles. The molecule has 1 atom stereocenters. The Morgan fingerprint density at radius 1 is 1.11 bits per heavy atom. The number of ether oxygens (including phenoxy) is 1. The second kappa shape index (κ2) is 6.04. The summed E-state index contributed by atoms with van der Waals surface area (Å²) in [5.74, 6) is 0.681. The summed E-state index contributed by atoms with van der Waals surface area (Å²) < 4.78 is 19.7. The van der Waals surface area contributed by atoms with Gasteiger partial charge in [-0.2, -0.15) is 0 Å². The van der Waals surface area contributed by atoms with Gasteiger partial charge in [0.2, 0.25) is 0 Å². The fourth-order valence-electron chi connectivity index (χ4n) is 1.82. The highest BCUT2D eigenvalue weighted by molar-refractivity contribution is 6.32. The number of nitrogens with one attached hydrogen (secondary N) is 1. The predicted molar refractivity (Wildman–Crippen MR) is 75.4 cm³/mol. The van der Waals surface area contributed by atoms with Gasteiger partial charge in [-0.05, 0) is 38.2 Å². The molecule has 0 aromatic heterocycles. The molecule has 100 valence electrons. The molecule has 0 amide bonds. The van der Waals surface area contributed by atoms with E-state index in [2.05, 4.69) is 5.32 Å². The molecule has 19 heavy (non-hydrogen) atoms. The van der Waals surface area contributed by atoms with Crippen molar-refractivity contribution in [2.75, 3.05) is 7.05 Å². The van der Waals surface area contributed by atoms with Crippen LogP contribution < -0.4 is 10.1 Å². The second-order valence-electron chi connectivity index (χ2n) is 4.19. The fraction of sp³-hybridized carbons (Fsp3) is 0.200. The highest BCUT2D eigenvalue weighted by Crippen LogP contribution is 2.34. The lowest BCUT2D eigenvalue weighted by molar-refractivity contribution is 0.453. The van der Waals surface area contributed by atoms with Crippen molar-refractivity contribution in [3.8, 4) is 11.5 Å². The molecule has 1 N–H and O–H groups in total. The molecular formula is C15H15ClFNO. The third-order valence-electron chi connectivity index (χ3n) is 2.94. The molecule has 0 radical (unpaired) electrons. The molecule has 1 unspecified atom stereocenters. The SMILES string of the molecule is CNC(C)c1c(F)cccc1Oc1ccccc1Cl. The Hall–Kier alpha value is -1.58. The molecular weight excluding hydrogens is 265 g/mol. The molecule has 2 aromatic carbocycles. The molecule has 0 fully saturated rings. The average molecular weight is 280 g/mol. The summed E-state index contributed by atoms with van der Waals surface area (Å²) >= 11 is 6.05. The Labute approximate surface area is 117 Å². The minimum absolute atomic E-state index is 0.154. The summed E-state index contributed by atoms with van der Waals surface area (Å²) in [6.45, 7) is 1.87. The Kier molecular flexibility index (Phi) is 4.40. The number of hydrogen-bond donors (Lipinski definition) is 1. The van der Waals surface area contributed by atoms with Crippen molar-refractivity contribution < 1.29 is 9.13 Å². The Morgan fingerprint density at radius 3 is 2.47 bits per heavy atom. The maximum absolute atomic E-state index is 13.9. The Morgan fingerprint density at radius 2 is 1.79 bits per heavy atom. The maximum atomic E-state index is 13.9. The zero-order valence-corrected chi connectivity index (χ0v) is 11.5. The molecule has 2 nitrogen and oxygen atoms in total. The van der Waals surface area contributed by atoms with E-state index in [1.165, 1.54) is 6.07 Å². The van der Waals surface area contributed by atoms with Gasteiger partial charge in [-0.3, -0.25) is 0 Å². The standard InChI is InChI=1S/C15H15ClFNO/c1-10(18-2)15-12(17)7-5-9-14(15)19-13-8-4-3-6-11(13)16/h3-10,18H,1-2H3. The zero-order chi connectivity index (χ0) is 13.8. The lowest BCUT2D eigenvalue weighted by Gasteiger charge is -2.17. The minimum Gasteiger partial charge on any atom is -0.455 e. The molecule has 2 rings (SSSR count). The number of para-hydroxylation sites is 1. The second-order valence-corrected chi connectivity index (χ2v) is 4.60. The van der Waals surface area contributed by atoms with Gasteiger partial charge in [-0.25, -0.2) is 4.39 Å². The largest absolute Gasteiger partial charge is 0.455 e. The third-order valence-corrected chi connectivity index (χ3v) is 3.25. The van der Waals surface area contributed by atoms with Crippen molar-refractivity contribution in [3.05, 3.63) is 58.9 Å². The van der Waals surface area contributed by atoms with Crippen molar-refractivity contribution in [1.82, 2.24) is 5.32 Å². The van der Waals surface area contributed by atoms with E-state index in [-0.39, 0.29) is 11.9 Å². The van der Waals surface area contributed by atoms with Gasteiger partial charge in [0.1, 0.15) is 17.3 Å². The van der Waals surface area contributed by atoms with E-state index < -0.39 is 0 Å². The third kappa shape index (κ3) is 3.06. The first-order chi connectivity index (χ1) is 9.13.